The predicted molar refractivity (Wildman–Crippen MR) is 91.0 cm³/mol. The maximum Gasteiger partial charge on any atom is 0.223 e. The van der Waals surface area contributed by atoms with Gasteiger partial charge in [0.15, 0.2) is 0 Å². The molecule has 0 aromatic heterocycles. The van der Waals surface area contributed by atoms with Gasteiger partial charge in [0.2, 0.25) is 5.91 Å². The Balaban J connectivity index is 1.74. The lowest BCUT2D eigenvalue weighted by atomic mass is 9.79. The van der Waals surface area contributed by atoms with Gasteiger partial charge in [-0.1, -0.05) is 60.3 Å². The third-order valence-corrected chi connectivity index (χ3v) is 5.37. The van der Waals surface area contributed by atoms with Crippen molar-refractivity contribution in [3.8, 4) is 0 Å². The van der Waals surface area contributed by atoms with Crippen molar-refractivity contribution in [1.29, 1.82) is 0 Å². The monoisotopic (exact) mass is 351 g/mol. The van der Waals surface area contributed by atoms with Gasteiger partial charge < -0.3 is 5.32 Å². The molecule has 0 aliphatic heterocycles. The van der Waals surface area contributed by atoms with Crippen molar-refractivity contribution >= 4 is 21.8 Å². The van der Waals surface area contributed by atoms with Gasteiger partial charge in [-0.25, -0.2) is 0 Å². The molecule has 1 aromatic carbocycles. The van der Waals surface area contributed by atoms with E-state index in [9.17, 15) is 4.79 Å². The van der Waals surface area contributed by atoms with Gasteiger partial charge in [-0.3, -0.25) is 4.79 Å². The van der Waals surface area contributed by atoms with E-state index in [1.807, 2.05) is 24.3 Å². The Bertz CT molecular complexity index is 452. The minimum absolute atomic E-state index is 0.227. The smallest absolute Gasteiger partial charge is 0.223 e. The molecule has 0 heterocycles. The zero-order chi connectivity index (χ0) is 15.1. The Hall–Kier alpha value is -0.830. The summed E-state index contributed by atoms with van der Waals surface area (Å²) >= 11 is 3.52. The van der Waals surface area contributed by atoms with Crippen LogP contribution in [0.25, 0.3) is 0 Å². The van der Waals surface area contributed by atoms with E-state index in [0.717, 1.165) is 28.8 Å². The van der Waals surface area contributed by atoms with Crippen LogP contribution >= 0.6 is 15.9 Å². The Labute approximate surface area is 136 Å². The van der Waals surface area contributed by atoms with Crippen LogP contribution in [0.2, 0.25) is 0 Å². The first-order valence-corrected chi connectivity index (χ1v) is 9.01. The third kappa shape index (κ3) is 5.14. The first-order valence-electron chi connectivity index (χ1n) is 8.21. The molecule has 0 saturated heterocycles. The molecule has 1 amide bonds. The number of halogens is 1. The zero-order valence-corrected chi connectivity index (χ0v) is 14.5. The van der Waals surface area contributed by atoms with Crippen molar-refractivity contribution < 1.29 is 4.79 Å². The van der Waals surface area contributed by atoms with Gasteiger partial charge in [0.25, 0.3) is 0 Å². The van der Waals surface area contributed by atoms with Gasteiger partial charge in [0.1, 0.15) is 0 Å². The minimum atomic E-state index is 0.227. The van der Waals surface area contributed by atoms with Crippen LogP contribution in [0.5, 0.6) is 0 Å². The number of rotatable bonds is 6. The van der Waals surface area contributed by atoms with Crippen molar-refractivity contribution in [3.05, 3.63) is 34.3 Å². The van der Waals surface area contributed by atoms with E-state index in [1.54, 1.807) is 0 Å². The third-order valence-electron chi connectivity index (χ3n) is 4.59. The predicted octanol–water partition coefficient (Wildman–Crippen LogP) is 5.06. The molecule has 0 bridgehead atoms. The molecule has 2 nitrogen and oxygen atoms in total. The second-order valence-electron chi connectivity index (χ2n) is 6.17. The second-order valence-corrected chi connectivity index (χ2v) is 7.02. The number of benzene rings is 1. The van der Waals surface area contributed by atoms with Crippen LogP contribution in [0.3, 0.4) is 0 Å². The first kappa shape index (κ1) is 16.5. The Kier molecular flexibility index (Phi) is 6.75. The maximum atomic E-state index is 12.3. The lowest BCUT2D eigenvalue weighted by Gasteiger charge is -2.27. The number of hydrogen-bond donors (Lipinski definition) is 1. The molecule has 116 valence electrons. The van der Waals surface area contributed by atoms with Gasteiger partial charge >= 0.3 is 0 Å². The Morgan fingerprint density at radius 1 is 1.24 bits per heavy atom. The van der Waals surface area contributed by atoms with Gasteiger partial charge in [-0.15, -0.1) is 0 Å². The van der Waals surface area contributed by atoms with Crippen LogP contribution in [0.4, 0.5) is 0 Å². The van der Waals surface area contributed by atoms with E-state index >= 15 is 0 Å². The summed E-state index contributed by atoms with van der Waals surface area (Å²) in [5.41, 5.74) is 1.14. The molecule has 0 atom stereocenters. The molecule has 0 spiro atoms. The molecule has 1 aliphatic carbocycles. The Morgan fingerprint density at radius 2 is 1.95 bits per heavy atom. The molecule has 21 heavy (non-hydrogen) atoms. The Morgan fingerprint density at radius 3 is 2.62 bits per heavy atom. The average molecular weight is 352 g/mol. The van der Waals surface area contributed by atoms with Crippen LogP contribution in [-0.4, -0.2) is 5.91 Å². The second kappa shape index (κ2) is 8.57. The standard InChI is InChI=1S/C18H26BrNO/c1-2-3-6-14-9-11-15(12-10-14)18(21)20-13-16-7-4-5-8-17(16)19/h4-5,7-8,14-15H,2-3,6,9-13H2,1H3,(H,20,21). The highest BCUT2D eigenvalue weighted by atomic mass is 79.9. The lowest BCUT2D eigenvalue weighted by Crippen LogP contribution is -2.32. The summed E-state index contributed by atoms with van der Waals surface area (Å²) in [6.07, 6.45) is 8.56. The topological polar surface area (TPSA) is 29.1 Å². The van der Waals surface area contributed by atoms with E-state index < -0.39 is 0 Å². The number of carbonyl (C=O) groups excluding carboxylic acids is 1. The highest BCUT2D eigenvalue weighted by molar-refractivity contribution is 9.10. The van der Waals surface area contributed by atoms with Crippen LogP contribution in [0.15, 0.2) is 28.7 Å². The maximum absolute atomic E-state index is 12.3. The van der Waals surface area contributed by atoms with Crippen molar-refractivity contribution in [2.75, 3.05) is 0 Å². The number of unbranched alkanes of at least 4 members (excludes halogenated alkanes) is 1. The van der Waals surface area contributed by atoms with E-state index in [0.29, 0.717) is 6.54 Å². The molecular formula is C18H26BrNO. The summed E-state index contributed by atoms with van der Waals surface area (Å²) in [5, 5.41) is 3.10. The highest BCUT2D eigenvalue weighted by Crippen LogP contribution is 2.32. The SMILES string of the molecule is CCCCC1CCC(C(=O)NCc2ccccc2Br)CC1. The number of hydrogen-bond acceptors (Lipinski definition) is 1. The summed E-state index contributed by atoms with van der Waals surface area (Å²) in [4.78, 5) is 12.3. The summed E-state index contributed by atoms with van der Waals surface area (Å²) in [5.74, 6) is 1.32. The fraction of sp³-hybridized carbons (Fsp3) is 0.611. The highest BCUT2D eigenvalue weighted by Gasteiger charge is 2.25. The van der Waals surface area contributed by atoms with Crippen molar-refractivity contribution in [2.24, 2.45) is 11.8 Å². The molecule has 1 N–H and O–H groups in total. The quantitative estimate of drug-likeness (QED) is 0.762. The van der Waals surface area contributed by atoms with Crippen molar-refractivity contribution in [1.82, 2.24) is 5.32 Å². The molecule has 1 saturated carbocycles. The lowest BCUT2D eigenvalue weighted by molar-refractivity contribution is -0.126. The van der Waals surface area contributed by atoms with E-state index in [-0.39, 0.29) is 11.8 Å². The molecule has 1 aliphatic rings. The van der Waals surface area contributed by atoms with Crippen LogP contribution in [0, 0.1) is 11.8 Å². The van der Waals surface area contributed by atoms with Gasteiger partial charge in [-0.2, -0.15) is 0 Å². The number of nitrogens with one attached hydrogen (secondary N) is 1. The molecule has 0 radical (unpaired) electrons. The zero-order valence-electron chi connectivity index (χ0n) is 12.9. The number of carbonyl (C=O) groups is 1. The summed E-state index contributed by atoms with van der Waals surface area (Å²) < 4.78 is 1.06. The van der Waals surface area contributed by atoms with Gasteiger partial charge in [0, 0.05) is 16.9 Å². The van der Waals surface area contributed by atoms with Crippen LogP contribution in [0.1, 0.15) is 57.4 Å². The summed E-state index contributed by atoms with van der Waals surface area (Å²) in [6, 6.07) is 8.06. The molecular weight excluding hydrogens is 326 g/mol. The molecule has 0 unspecified atom stereocenters. The average Bonchev–Trinajstić information content (AvgIpc) is 2.52. The first-order chi connectivity index (χ1) is 10.2. The van der Waals surface area contributed by atoms with Gasteiger partial charge in [0.05, 0.1) is 0 Å². The van der Waals surface area contributed by atoms with Crippen LogP contribution in [-0.2, 0) is 11.3 Å². The fourth-order valence-corrected chi connectivity index (χ4v) is 3.60. The number of amides is 1. The normalized spacial score (nSPS) is 22.0. The van der Waals surface area contributed by atoms with Crippen LogP contribution < -0.4 is 5.32 Å². The summed E-state index contributed by atoms with van der Waals surface area (Å²) in [7, 11) is 0. The molecule has 2 rings (SSSR count). The fourth-order valence-electron chi connectivity index (χ4n) is 3.17. The molecule has 1 fully saturated rings. The van der Waals surface area contributed by atoms with Gasteiger partial charge in [-0.05, 0) is 43.2 Å². The molecule has 3 heteroatoms. The largest absolute Gasteiger partial charge is 0.352 e. The van der Waals surface area contributed by atoms with E-state index in [4.69, 9.17) is 0 Å². The summed E-state index contributed by atoms with van der Waals surface area (Å²) in [6.45, 7) is 2.87. The molecule has 1 aromatic rings. The van der Waals surface area contributed by atoms with E-state index in [2.05, 4.69) is 28.2 Å². The minimum Gasteiger partial charge on any atom is -0.352 e. The van der Waals surface area contributed by atoms with E-state index in [1.165, 1.54) is 32.1 Å². The van der Waals surface area contributed by atoms with Crippen molar-refractivity contribution in [3.63, 3.8) is 0 Å². The van der Waals surface area contributed by atoms with Crippen molar-refractivity contribution in [2.45, 2.75) is 58.4 Å².